The Labute approximate surface area is 150 Å². The minimum Gasteiger partial charge on any atom is -0.463 e. The minimum atomic E-state index is -4.85. The van der Waals surface area contributed by atoms with E-state index < -0.39 is 28.7 Å². The van der Waals surface area contributed by atoms with Crippen molar-refractivity contribution in [2.45, 2.75) is 45.9 Å². The molecule has 0 aromatic heterocycles. The van der Waals surface area contributed by atoms with Crippen molar-refractivity contribution in [3.8, 4) is 11.8 Å². The molecule has 0 saturated carbocycles. The molecule has 1 aliphatic carbocycles. The van der Waals surface area contributed by atoms with Crippen LogP contribution in [0.15, 0.2) is 28.5 Å². The number of allylic oxidation sites excluding steroid dienone is 2. The number of aliphatic hydroxyl groups is 1. The number of nitrogens with zero attached hydrogens (tertiary/aromatic N) is 1. The molecule has 0 fully saturated rings. The third kappa shape index (κ3) is 4.88. The monoisotopic (exact) mass is 373 g/mol. The fourth-order valence-electron chi connectivity index (χ4n) is 2.61. The number of oxime groups is 1. The zero-order valence-corrected chi connectivity index (χ0v) is 15.3. The molecule has 0 bridgehead atoms. The largest absolute Gasteiger partial charge is 0.463 e. The zero-order valence-electron chi connectivity index (χ0n) is 15.3. The summed E-state index contributed by atoms with van der Waals surface area (Å²) < 4.78 is 43.9. The molecular formula is C18H22F3NO4. The maximum atomic E-state index is 13.1. The summed E-state index contributed by atoms with van der Waals surface area (Å²) in [6.07, 6.45) is -2.81. The van der Waals surface area contributed by atoms with E-state index in [0.29, 0.717) is 11.3 Å². The highest BCUT2D eigenvalue weighted by molar-refractivity contribution is 5.97. The minimum absolute atomic E-state index is 0.0612. The van der Waals surface area contributed by atoms with Crippen molar-refractivity contribution in [2.24, 2.45) is 10.6 Å². The van der Waals surface area contributed by atoms with Gasteiger partial charge in [-0.2, -0.15) is 13.2 Å². The molecule has 5 nitrogen and oxygen atoms in total. The summed E-state index contributed by atoms with van der Waals surface area (Å²) in [6.45, 7) is 6.28. The lowest BCUT2D eigenvalue weighted by molar-refractivity contribution is -0.138. The van der Waals surface area contributed by atoms with Crippen LogP contribution in [0.5, 0.6) is 0 Å². The molecule has 8 heteroatoms. The van der Waals surface area contributed by atoms with Crippen molar-refractivity contribution in [3.63, 3.8) is 0 Å². The first-order valence-corrected chi connectivity index (χ1v) is 7.87. The highest BCUT2D eigenvalue weighted by Gasteiger charge is 2.47. The summed E-state index contributed by atoms with van der Waals surface area (Å²) in [5.41, 5.74) is -3.28. The van der Waals surface area contributed by atoms with E-state index in [4.69, 9.17) is 4.84 Å². The van der Waals surface area contributed by atoms with E-state index in [1.54, 1.807) is 20.8 Å². The van der Waals surface area contributed by atoms with Gasteiger partial charge in [-0.1, -0.05) is 30.8 Å². The molecule has 0 radical (unpaired) electrons. The molecule has 26 heavy (non-hydrogen) atoms. The molecule has 1 rings (SSSR count). The number of halogens is 3. The van der Waals surface area contributed by atoms with Crippen LogP contribution < -0.4 is 0 Å². The van der Waals surface area contributed by atoms with E-state index in [2.05, 4.69) is 15.8 Å². The second-order valence-corrected chi connectivity index (χ2v) is 6.42. The summed E-state index contributed by atoms with van der Waals surface area (Å²) in [6, 6.07) is 0. The molecule has 0 amide bonds. The van der Waals surface area contributed by atoms with Gasteiger partial charge in [-0.05, 0) is 25.5 Å². The van der Waals surface area contributed by atoms with Gasteiger partial charge in [0.2, 0.25) is 0 Å². The fraction of sp³-hybridized carbons (Fsp3) is 0.556. The Morgan fingerprint density at radius 3 is 2.54 bits per heavy atom. The molecular weight excluding hydrogens is 351 g/mol. The molecule has 0 aromatic carbocycles. The van der Waals surface area contributed by atoms with Crippen molar-refractivity contribution >= 4 is 11.7 Å². The van der Waals surface area contributed by atoms with E-state index in [1.807, 2.05) is 5.92 Å². The Hall–Kier alpha value is -2.27. The number of alkyl halides is 3. The number of rotatable bonds is 3. The van der Waals surface area contributed by atoms with Gasteiger partial charge in [-0.15, -0.1) is 0 Å². The molecule has 1 N–H and O–H groups in total. The molecule has 1 unspecified atom stereocenters. The standard InChI is InChI=1S/C18H22F3NO4/c1-6-26-15(23)10-13(18(19,20)21)7-8-17(24)12(2)9-14(22-25-5)11-16(17,3)4/h9-10,24H,6,11H2,1-5H3. The average molecular weight is 373 g/mol. The summed E-state index contributed by atoms with van der Waals surface area (Å²) in [7, 11) is 1.37. The first-order valence-electron chi connectivity index (χ1n) is 7.87. The van der Waals surface area contributed by atoms with E-state index in [1.165, 1.54) is 20.1 Å². The van der Waals surface area contributed by atoms with Crippen LogP contribution in [0.2, 0.25) is 0 Å². The Kier molecular flexibility index (Phi) is 6.66. The number of hydrogen-bond donors (Lipinski definition) is 1. The highest BCUT2D eigenvalue weighted by Crippen LogP contribution is 2.43. The van der Waals surface area contributed by atoms with Crippen LogP contribution in [-0.4, -0.2) is 42.3 Å². The number of carbonyl (C=O) groups excluding carboxylic acids is 1. The first-order chi connectivity index (χ1) is 11.9. The van der Waals surface area contributed by atoms with Crippen LogP contribution in [-0.2, 0) is 14.4 Å². The molecule has 0 aliphatic heterocycles. The Balaban J connectivity index is 3.40. The highest BCUT2D eigenvalue weighted by atomic mass is 19.4. The topological polar surface area (TPSA) is 68.1 Å². The maximum absolute atomic E-state index is 13.1. The van der Waals surface area contributed by atoms with Crippen LogP contribution in [0, 0.1) is 17.3 Å². The normalized spacial score (nSPS) is 24.4. The fourth-order valence-corrected chi connectivity index (χ4v) is 2.61. The summed E-state index contributed by atoms with van der Waals surface area (Å²) in [5, 5.41) is 14.8. The van der Waals surface area contributed by atoms with E-state index in [-0.39, 0.29) is 19.1 Å². The van der Waals surface area contributed by atoms with Crippen LogP contribution in [0.4, 0.5) is 13.2 Å². The lowest BCUT2D eigenvalue weighted by Gasteiger charge is -2.42. The van der Waals surface area contributed by atoms with E-state index in [0.717, 1.165) is 0 Å². The third-order valence-corrected chi connectivity index (χ3v) is 4.00. The predicted octanol–water partition coefficient (Wildman–Crippen LogP) is 3.15. The predicted molar refractivity (Wildman–Crippen MR) is 90.1 cm³/mol. The van der Waals surface area contributed by atoms with Gasteiger partial charge in [0.15, 0.2) is 5.60 Å². The summed E-state index contributed by atoms with van der Waals surface area (Å²) in [5.74, 6) is 3.07. The Bertz CT molecular complexity index is 708. The SMILES string of the molecule is CCOC(=O)C=C(C#CC1(O)C(C)=CC(=NOC)CC1(C)C)C(F)(F)F. The van der Waals surface area contributed by atoms with Crippen LogP contribution in [0.3, 0.4) is 0 Å². The Morgan fingerprint density at radius 2 is 2.08 bits per heavy atom. The lowest BCUT2D eigenvalue weighted by atomic mass is 9.65. The average Bonchev–Trinajstić information content (AvgIpc) is 2.48. The maximum Gasteiger partial charge on any atom is 0.424 e. The quantitative estimate of drug-likeness (QED) is 0.357. The summed E-state index contributed by atoms with van der Waals surface area (Å²) >= 11 is 0. The molecule has 144 valence electrons. The van der Waals surface area contributed by atoms with Crippen molar-refractivity contribution < 1.29 is 32.6 Å². The van der Waals surface area contributed by atoms with Gasteiger partial charge in [0.05, 0.1) is 12.3 Å². The van der Waals surface area contributed by atoms with Gasteiger partial charge >= 0.3 is 12.1 Å². The first kappa shape index (κ1) is 21.8. The molecule has 0 saturated heterocycles. The van der Waals surface area contributed by atoms with Gasteiger partial charge in [-0.3, -0.25) is 0 Å². The van der Waals surface area contributed by atoms with Gasteiger partial charge < -0.3 is 14.7 Å². The van der Waals surface area contributed by atoms with E-state index in [9.17, 15) is 23.1 Å². The number of ether oxygens (including phenoxy) is 1. The smallest absolute Gasteiger partial charge is 0.424 e. The van der Waals surface area contributed by atoms with Crippen molar-refractivity contribution in [1.29, 1.82) is 0 Å². The van der Waals surface area contributed by atoms with Gasteiger partial charge in [0.1, 0.15) is 12.7 Å². The number of hydrogen-bond acceptors (Lipinski definition) is 5. The second kappa shape index (κ2) is 7.96. The number of esters is 1. The molecule has 0 heterocycles. The molecule has 1 atom stereocenters. The third-order valence-electron chi connectivity index (χ3n) is 4.00. The van der Waals surface area contributed by atoms with Crippen molar-refractivity contribution in [3.05, 3.63) is 23.3 Å². The van der Waals surface area contributed by atoms with Crippen molar-refractivity contribution in [1.82, 2.24) is 0 Å². The van der Waals surface area contributed by atoms with Crippen LogP contribution in [0.25, 0.3) is 0 Å². The second-order valence-electron chi connectivity index (χ2n) is 6.42. The van der Waals surface area contributed by atoms with Gasteiger partial charge in [0, 0.05) is 17.9 Å². The van der Waals surface area contributed by atoms with Crippen molar-refractivity contribution in [2.75, 3.05) is 13.7 Å². The zero-order chi connectivity index (χ0) is 20.2. The molecule has 1 aliphatic rings. The molecule has 0 spiro atoms. The van der Waals surface area contributed by atoms with Gasteiger partial charge in [-0.25, -0.2) is 4.79 Å². The van der Waals surface area contributed by atoms with Crippen LogP contribution in [0.1, 0.15) is 34.1 Å². The Morgan fingerprint density at radius 1 is 1.46 bits per heavy atom. The van der Waals surface area contributed by atoms with E-state index >= 15 is 0 Å². The number of carbonyl (C=O) groups is 1. The summed E-state index contributed by atoms with van der Waals surface area (Å²) in [4.78, 5) is 16.1. The molecule has 0 aromatic rings. The lowest BCUT2D eigenvalue weighted by Crippen LogP contribution is -2.48. The van der Waals surface area contributed by atoms with Crippen LogP contribution >= 0.6 is 0 Å². The van der Waals surface area contributed by atoms with Gasteiger partial charge in [0.25, 0.3) is 0 Å².